The number of rotatable bonds is 3. The van der Waals surface area contributed by atoms with Crippen LogP contribution in [0.5, 0.6) is 0 Å². The number of carbonyl (C=O) groups is 1. The Kier molecular flexibility index (Phi) is 3.66. The van der Waals surface area contributed by atoms with Crippen molar-refractivity contribution < 1.29 is 4.79 Å². The molecule has 21 heavy (non-hydrogen) atoms. The molecule has 0 radical (unpaired) electrons. The molecule has 0 bridgehead atoms. The Bertz CT molecular complexity index is 676. The summed E-state index contributed by atoms with van der Waals surface area (Å²) in [5.74, 6) is 0.608. The molecule has 1 aliphatic carbocycles. The Morgan fingerprint density at radius 1 is 1.52 bits per heavy atom. The predicted octanol–water partition coefficient (Wildman–Crippen LogP) is 2.38. The van der Waals surface area contributed by atoms with Gasteiger partial charge in [-0.2, -0.15) is 5.10 Å². The molecular formula is C16H22N4O. The van der Waals surface area contributed by atoms with Crippen molar-refractivity contribution in [3.8, 4) is 0 Å². The molecule has 0 saturated carbocycles. The third kappa shape index (κ3) is 2.52. The molecule has 0 aliphatic heterocycles. The van der Waals surface area contributed by atoms with Crippen molar-refractivity contribution in [3.63, 3.8) is 0 Å². The van der Waals surface area contributed by atoms with E-state index >= 15 is 0 Å². The standard InChI is InChI=1S/C16H22N4O/c1-4-11(3)19-16(21)13-9-18-20-14-6-5-10(2)7-12(14)8-17-15(13)20/h8-11H,4-7H2,1-3H3,(H,19,21)/t10-,11-/m0/s1. The van der Waals surface area contributed by atoms with Gasteiger partial charge in [0.2, 0.25) is 0 Å². The van der Waals surface area contributed by atoms with Crippen LogP contribution in [0, 0.1) is 5.92 Å². The van der Waals surface area contributed by atoms with Crippen molar-refractivity contribution in [2.75, 3.05) is 0 Å². The van der Waals surface area contributed by atoms with E-state index in [0.29, 0.717) is 17.1 Å². The van der Waals surface area contributed by atoms with Crippen LogP contribution in [-0.2, 0) is 12.8 Å². The monoisotopic (exact) mass is 286 g/mol. The van der Waals surface area contributed by atoms with E-state index in [1.807, 2.05) is 17.6 Å². The number of nitrogens with zero attached hydrogens (tertiary/aromatic N) is 3. The van der Waals surface area contributed by atoms with Gasteiger partial charge in [0.25, 0.3) is 5.91 Å². The van der Waals surface area contributed by atoms with Gasteiger partial charge in [-0.05, 0) is 44.1 Å². The number of hydrogen-bond donors (Lipinski definition) is 1. The molecule has 2 heterocycles. The summed E-state index contributed by atoms with van der Waals surface area (Å²) in [4.78, 5) is 16.8. The molecule has 5 heteroatoms. The second-order valence-corrected chi connectivity index (χ2v) is 6.15. The molecule has 2 aromatic rings. The molecule has 0 aromatic carbocycles. The van der Waals surface area contributed by atoms with Crippen molar-refractivity contribution >= 4 is 11.6 Å². The molecule has 1 amide bonds. The van der Waals surface area contributed by atoms with Crippen LogP contribution in [0.1, 0.15) is 55.2 Å². The highest BCUT2D eigenvalue weighted by molar-refractivity contribution is 5.99. The van der Waals surface area contributed by atoms with Gasteiger partial charge in [-0.15, -0.1) is 0 Å². The lowest BCUT2D eigenvalue weighted by molar-refractivity contribution is 0.0940. The summed E-state index contributed by atoms with van der Waals surface area (Å²) in [5.41, 5.74) is 3.71. The summed E-state index contributed by atoms with van der Waals surface area (Å²) in [7, 11) is 0. The van der Waals surface area contributed by atoms with E-state index in [1.54, 1.807) is 6.20 Å². The second kappa shape index (κ2) is 5.47. The fourth-order valence-electron chi connectivity index (χ4n) is 2.87. The van der Waals surface area contributed by atoms with Gasteiger partial charge in [0.05, 0.1) is 6.20 Å². The third-order valence-electron chi connectivity index (χ3n) is 4.39. The Balaban J connectivity index is 1.98. The fourth-order valence-corrected chi connectivity index (χ4v) is 2.87. The molecule has 2 atom stereocenters. The van der Waals surface area contributed by atoms with Crippen molar-refractivity contribution in [1.29, 1.82) is 0 Å². The van der Waals surface area contributed by atoms with Crippen LogP contribution in [0.2, 0.25) is 0 Å². The van der Waals surface area contributed by atoms with E-state index < -0.39 is 0 Å². The maximum atomic E-state index is 12.3. The maximum absolute atomic E-state index is 12.3. The first-order chi connectivity index (χ1) is 10.1. The summed E-state index contributed by atoms with van der Waals surface area (Å²) in [6, 6.07) is 0.158. The molecule has 0 fully saturated rings. The van der Waals surface area contributed by atoms with Gasteiger partial charge >= 0.3 is 0 Å². The van der Waals surface area contributed by atoms with Crippen LogP contribution in [-0.4, -0.2) is 26.5 Å². The summed E-state index contributed by atoms with van der Waals surface area (Å²) >= 11 is 0. The number of hydrogen-bond acceptors (Lipinski definition) is 3. The van der Waals surface area contributed by atoms with Gasteiger partial charge in [-0.1, -0.05) is 13.8 Å². The average Bonchev–Trinajstić information content (AvgIpc) is 2.90. The molecular weight excluding hydrogens is 264 g/mol. The van der Waals surface area contributed by atoms with Gasteiger partial charge in [-0.25, -0.2) is 9.50 Å². The Morgan fingerprint density at radius 3 is 3.10 bits per heavy atom. The smallest absolute Gasteiger partial charge is 0.256 e. The number of carbonyl (C=O) groups excluding carboxylic acids is 1. The maximum Gasteiger partial charge on any atom is 0.256 e. The van der Waals surface area contributed by atoms with Crippen LogP contribution in [0.4, 0.5) is 0 Å². The van der Waals surface area contributed by atoms with Crippen molar-refractivity contribution in [1.82, 2.24) is 19.9 Å². The van der Waals surface area contributed by atoms with E-state index in [1.165, 1.54) is 17.7 Å². The minimum atomic E-state index is -0.0871. The Hall–Kier alpha value is -1.91. The van der Waals surface area contributed by atoms with Crippen LogP contribution in [0.15, 0.2) is 12.4 Å². The molecule has 5 nitrogen and oxygen atoms in total. The zero-order valence-corrected chi connectivity index (χ0v) is 12.9. The number of amides is 1. The van der Waals surface area contributed by atoms with Gasteiger partial charge < -0.3 is 5.32 Å². The van der Waals surface area contributed by atoms with Crippen molar-refractivity contribution in [2.45, 2.75) is 52.5 Å². The minimum absolute atomic E-state index is 0.0871. The molecule has 1 N–H and O–H groups in total. The molecule has 0 saturated heterocycles. The number of aromatic nitrogens is 3. The highest BCUT2D eigenvalue weighted by atomic mass is 16.1. The molecule has 2 aromatic heterocycles. The minimum Gasteiger partial charge on any atom is -0.349 e. The first-order valence-electron chi connectivity index (χ1n) is 7.75. The van der Waals surface area contributed by atoms with E-state index in [-0.39, 0.29) is 11.9 Å². The zero-order chi connectivity index (χ0) is 15.0. The van der Waals surface area contributed by atoms with Crippen molar-refractivity contribution in [2.24, 2.45) is 5.92 Å². The Morgan fingerprint density at radius 2 is 2.33 bits per heavy atom. The van der Waals surface area contributed by atoms with Gasteiger partial charge in [0.15, 0.2) is 5.65 Å². The number of fused-ring (bicyclic) bond motifs is 3. The molecule has 112 valence electrons. The number of aryl methyl sites for hydroxylation is 1. The van der Waals surface area contributed by atoms with E-state index in [4.69, 9.17) is 0 Å². The largest absolute Gasteiger partial charge is 0.349 e. The number of nitrogens with one attached hydrogen (secondary N) is 1. The van der Waals surface area contributed by atoms with Gasteiger partial charge in [-0.3, -0.25) is 4.79 Å². The Labute approximate surface area is 124 Å². The first kappa shape index (κ1) is 14.0. The highest BCUT2D eigenvalue weighted by Crippen LogP contribution is 2.25. The normalized spacial score (nSPS) is 19.3. The summed E-state index contributed by atoms with van der Waals surface area (Å²) in [6.07, 6.45) is 7.68. The highest BCUT2D eigenvalue weighted by Gasteiger charge is 2.22. The molecule has 3 rings (SSSR count). The van der Waals surface area contributed by atoms with Crippen molar-refractivity contribution in [3.05, 3.63) is 29.2 Å². The lowest BCUT2D eigenvalue weighted by Gasteiger charge is -2.21. The third-order valence-corrected chi connectivity index (χ3v) is 4.39. The quantitative estimate of drug-likeness (QED) is 0.942. The molecule has 0 spiro atoms. The lowest BCUT2D eigenvalue weighted by Crippen LogP contribution is -2.32. The van der Waals surface area contributed by atoms with Gasteiger partial charge in [0.1, 0.15) is 5.56 Å². The van der Waals surface area contributed by atoms with E-state index in [9.17, 15) is 4.79 Å². The van der Waals surface area contributed by atoms with Crippen LogP contribution in [0.3, 0.4) is 0 Å². The topological polar surface area (TPSA) is 59.3 Å². The zero-order valence-electron chi connectivity index (χ0n) is 12.9. The van der Waals surface area contributed by atoms with Crippen LogP contribution < -0.4 is 5.32 Å². The molecule has 0 unspecified atom stereocenters. The summed E-state index contributed by atoms with van der Waals surface area (Å²) in [5, 5.41) is 7.38. The second-order valence-electron chi connectivity index (χ2n) is 6.15. The summed E-state index contributed by atoms with van der Waals surface area (Å²) < 4.78 is 1.85. The fraction of sp³-hybridized carbons (Fsp3) is 0.562. The summed E-state index contributed by atoms with van der Waals surface area (Å²) in [6.45, 7) is 6.32. The predicted molar refractivity (Wildman–Crippen MR) is 81.4 cm³/mol. The average molecular weight is 286 g/mol. The lowest BCUT2D eigenvalue weighted by atomic mass is 9.89. The molecule has 1 aliphatic rings. The SMILES string of the molecule is CC[C@H](C)NC(=O)c1cnn2c3c(cnc12)C[C@@H](C)CC3. The van der Waals surface area contributed by atoms with E-state index in [2.05, 4.69) is 29.2 Å². The van der Waals surface area contributed by atoms with Crippen LogP contribution in [0.25, 0.3) is 5.65 Å². The van der Waals surface area contributed by atoms with Crippen LogP contribution >= 0.6 is 0 Å². The van der Waals surface area contributed by atoms with Gasteiger partial charge in [0, 0.05) is 17.9 Å². The van der Waals surface area contributed by atoms with E-state index in [0.717, 1.165) is 19.3 Å². The first-order valence-corrected chi connectivity index (χ1v) is 7.75.